The van der Waals surface area contributed by atoms with Crippen molar-refractivity contribution >= 4 is 26.0 Å². The number of benzene rings is 2. The minimum absolute atomic E-state index is 0.303. The molecule has 1 atom stereocenters. The van der Waals surface area contributed by atoms with E-state index < -0.39 is 10.0 Å². The first-order valence-electron chi connectivity index (χ1n) is 7.06. The Balaban J connectivity index is 2.36. The molecule has 3 nitrogen and oxygen atoms in total. The molecule has 22 heavy (non-hydrogen) atoms. The Morgan fingerprint density at radius 2 is 1.64 bits per heavy atom. The number of nitrogens with one attached hydrogen (secondary N) is 1. The topological polar surface area (TPSA) is 46.2 Å². The molecule has 0 spiro atoms. The van der Waals surface area contributed by atoms with Gasteiger partial charge < -0.3 is 0 Å². The van der Waals surface area contributed by atoms with Gasteiger partial charge in [-0.15, -0.1) is 0 Å². The number of hydrogen-bond donors (Lipinski definition) is 1. The fraction of sp³-hybridized carbons (Fsp3) is 0.294. The maximum absolute atomic E-state index is 12.7. The number of aryl methyl sites for hydroxylation is 3. The van der Waals surface area contributed by atoms with Gasteiger partial charge in [0.1, 0.15) is 0 Å². The quantitative estimate of drug-likeness (QED) is 0.851. The third-order valence-electron chi connectivity index (χ3n) is 3.55. The second kappa shape index (κ2) is 6.52. The molecule has 0 fully saturated rings. The molecule has 2 aromatic rings. The van der Waals surface area contributed by atoms with Gasteiger partial charge in [0.15, 0.2) is 0 Å². The second-order valence-electron chi connectivity index (χ2n) is 5.63. The molecule has 1 N–H and O–H groups in total. The largest absolute Gasteiger partial charge is 0.241 e. The van der Waals surface area contributed by atoms with Gasteiger partial charge in [0.25, 0.3) is 0 Å². The van der Waals surface area contributed by atoms with Crippen LogP contribution in [0.1, 0.15) is 35.2 Å². The molecule has 2 rings (SSSR count). The smallest absolute Gasteiger partial charge is 0.207 e. The fourth-order valence-corrected chi connectivity index (χ4v) is 4.83. The Morgan fingerprint density at radius 1 is 1.05 bits per heavy atom. The van der Waals surface area contributed by atoms with Crippen LogP contribution in [-0.2, 0) is 10.0 Å². The van der Waals surface area contributed by atoms with Crippen LogP contribution in [0.3, 0.4) is 0 Å². The van der Waals surface area contributed by atoms with E-state index in [0.717, 1.165) is 26.7 Å². The van der Waals surface area contributed by atoms with Crippen LogP contribution in [0.5, 0.6) is 0 Å². The lowest BCUT2D eigenvalue weighted by molar-refractivity contribution is 0.565. The summed E-state index contributed by atoms with van der Waals surface area (Å²) in [6.07, 6.45) is 0. The number of sulfonamides is 1. The lowest BCUT2D eigenvalue weighted by atomic mass is 10.1. The monoisotopic (exact) mass is 381 g/mol. The molecular formula is C17H20BrNO2S. The van der Waals surface area contributed by atoms with Gasteiger partial charge in [0.05, 0.1) is 4.90 Å². The highest BCUT2D eigenvalue weighted by Gasteiger charge is 2.22. The Morgan fingerprint density at radius 3 is 2.18 bits per heavy atom. The molecule has 0 heterocycles. The summed E-state index contributed by atoms with van der Waals surface area (Å²) in [7, 11) is -3.56. The Labute approximate surface area is 140 Å². The van der Waals surface area contributed by atoms with Gasteiger partial charge in [-0.1, -0.05) is 45.8 Å². The number of halogens is 1. The molecule has 0 aliphatic rings. The summed E-state index contributed by atoms with van der Waals surface area (Å²) in [5.41, 5.74) is 3.52. The summed E-state index contributed by atoms with van der Waals surface area (Å²) in [4.78, 5) is 0.375. The van der Waals surface area contributed by atoms with Gasteiger partial charge in [-0.2, -0.15) is 0 Å². The van der Waals surface area contributed by atoms with E-state index in [4.69, 9.17) is 0 Å². The van der Waals surface area contributed by atoms with Crippen LogP contribution in [0, 0.1) is 20.8 Å². The summed E-state index contributed by atoms with van der Waals surface area (Å²) in [5, 5.41) is 0. The zero-order chi connectivity index (χ0) is 16.5. The van der Waals surface area contributed by atoms with Crippen LogP contribution < -0.4 is 4.72 Å². The highest BCUT2D eigenvalue weighted by Crippen LogP contribution is 2.25. The zero-order valence-electron chi connectivity index (χ0n) is 13.1. The van der Waals surface area contributed by atoms with Gasteiger partial charge in [0, 0.05) is 10.5 Å². The zero-order valence-corrected chi connectivity index (χ0v) is 15.5. The third-order valence-corrected chi connectivity index (χ3v) is 5.89. The number of hydrogen-bond acceptors (Lipinski definition) is 2. The van der Waals surface area contributed by atoms with Crippen molar-refractivity contribution in [1.29, 1.82) is 0 Å². The average Bonchev–Trinajstić information content (AvgIpc) is 2.36. The van der Waals surface area contributed by atoms with E-state index in [1.165, 1.54) is 0 Å². The highest BCUT2D eigenvalue weighted by molar-refractivity contribution is 9.10. The maximum Gasteiger partial charge on any atom is 0.241 e. The maximum atomic E-state index is 12.7. The molecule has 0 aromatic heterocycles. The standard InChI is InChI=1S/C17H20BrNO2S/c1-11-8-12(2)17(13(3)9-11)22(20,21)19-14(4)15-6-5-7-16(18)10-15/h5-10,14,19H,1-4H3. The molecule has 118 valence electrons. The van der Waals surface area contributed by atoms with Crippen LogP contribution in [0.4, 0.5) is 0 Å². The molecule has 0 aliphatic carbocycles. The minimum atomic E-state index is -3.56. The number of rotatable bonds is 4. The molecule has 0 saturated carbocycles. The van der Waals surface area contributed by atoms with Crippen molar-refractivity contribution in [2.75, 3.05) is 0 Å². The van der Waals surface area contributed by atoms with Crippen LogP contribution in [-0.4, -0.2) is 8.42 Å². The second-order valence-corrected chi connectivity index (χ2v) is 8.19. The molecule has 0 bridgehead atoms. The Bertz CT molecular complexity index is 777. The van der Waals surface area contributed by atoms with E-state index in [2.05, 4.69) is 20.7 Å². The summed E-state index contributed by atoms with van der Waals surface area (Å²) in [5.74, 6) is 0. The Kier molecular flexibility index (Phi) is 5.10. The summed E-state index contributed by atoms with van der Waals surface area (Å²) >= 11 is 3.41. The molecule has 1 unspecified atom stereocenters. The van der Waals surface area contributed by atoms with Crippen LogP contribution in [0.2, 0.25) is 0 Å². The highest BCUT2D eigenvalue weighted by atomic mass is 79.9. The van der Waals surface area contributed by atoms with Crippen molar-refractivity contribution in [3.05, 3.63) is 63.1 Å². The molecule has 0 radical (unpaired) electrons. The van der Waals surface area contributed by atoms with E-state index in [-0.39, 0.29) is 6.04 Å². The van der Waals surface area contributed by atoms with Crippen molar-refractivity contribution < 1.29 is 8.42 Å². The summed E-state index contributed by atoms with van der Waals surface area (Å²) in [6.45, 7) is 7.47. The molecule has 2 aromatic carbocycles. The van der Waals surface area contributed by atoms with Crippen LogP contribution in [0.15, 0.2) is 45.8 Å². The van der Waals surface area contributed by atoms with Gasteiger partial charge in [-0.05, 0) is 56.5 Å². The van der Waals surface area contributed by atoms with Crippen molar-refractivity contribution in [3.8, 4) is 0 Å². The fourth-order valence-electron chi connectivity index (χ4n) is 2.73. The molecule has 0 saturated heterocycles. The van der Waals surface area contributed by atoms with Gasteiger partial charge in [0.2, 0.25) is 10.0 Å². The summed E-state index contributed by atoms with van der Waals surface area (Å²) in [6, 6.07) is 11.1. The van der Waals surface area contributed by atoms with E-state index in [9.17, 15) is 8.42 Å². The first-order chi connectivity index (χ1) is 10.2. The molecule has 5 heteroatoms. The Hall–Kier alpha value is -1.17. The van der Waals surface area contributed by atoms with E-state index >= 15 is 0 Å². The first-order valence-corrected chi connectivity index (χ1v) is 9.34. The molecular weight excluding hydrogens is 362 g/mol. The average molecular weight is 382 g/mol. The van der Waals surface area contributed by atoms with Gasteiger partial charge in [-0.3, -0.25) is 0 Å². The van der Waals surface area contributed by atoms with E-state index in [1.807, 2.05) is 64.1 Å². The van der Waals surface area contributed by atoms with Crippen molar-refractivity contribution in [2.45, 2.75) is 38.6 Å². The molecule has 0 amide bonds. The van der Waals surface area contributed by atoms with Gasteiger partial charge in [-0.25, -0.2) is 13.1 Å². The molecule has 0 aliphatic heterocycles. The van der Waals surface area contributed by atoms with Crippen molar-refractivity contribution in [3.63, 3.8) is 0 Å². The first kappa shape index (κ1) is 17.2. The predicted octanol–water partition coefficient (Wildman–Crippen LogP) is 4.41. The van der Waals surface area contributed by atoms with E-state index in [0.29, 0.717) is 4.90 Å². The van der Waals surface area contributed by atoms with Crippen LogP contribution >= 0.6 is 15.9 Å². The third kappa shape index (κ3) is 3.77. The normalized spacial score (nSPS) is 13.1. The van der Waals surface area contributed by atoms with E-state index in [1.54, 1.807) is 0 Å². The van der Waals surface area contributed by atoms with Crippen LogP contribution in [0.25, 0.3) is 0 Å². The summed E-state index contributed by atoms with van der Waals surface area (Å²) < 4.78 is 29.2. The van der Waals surface area contributed by atoms with Crippen molar-refractivity contribution in [1.82, 2.24) is 4.72 Å². The van der Waals surface area contributed by atoms with Crippen molar-refractivity contribution in [2.24, 2.45) is 0 Å². The lowest BCUT2D eigenvalue weighted by Crippen LogP contribution is -2.28. The lowest BCUT2D eigenvalue weighted by Gasteiger charge is -2.18. The van der Waals surface area contributed by atoms with Gasteiger partial charge >= 0.3 is 0 Å². The SMILES string of the molecule is Cc1cc(C)c(S(=O)(=O)NC(C)c2cccc(Br)c2)c(C)c1. The minimum Gasteiger partial charge on any atom is -0.207 e. The predicted molar refractivity (Wildman–Crippen MR) is 93.5 cm³/mol.